The summed E-state index contributed by atoms with van der Waals surface area (Å²) in [5.41, 5.74) is 2.86. The van der Waals surface area contributed by atoms with E-state index in [1.54, 1.807) is 33.7 Å². The number of nitrogens with one attached hydrogen (secondary N) is 3. The quantitative estimate of drug-likeness (QED) is 0.371. The first-order chi connectivity index (χ1) is 17.3. The van der Waals surface area contributed by atoms with Crippen LogP contribution < -0.4 is 10.6 Å². The van der Waals surface area contributed by atoms with E-state index in [4.69, 9.17) is 4.74 Å². The van der Waals surface area contributed by atoms with Gasteiger partial charge in [0.25, 0.3) is 0 Å². The summed E-state index contributed by atoms with van der Waals surface area (Å²) in [5, 5.41) is 26.5. The number of carbonyl (C=O) groups is 1. The Morgan fingerprint density at radius 1 is 1.39 bits per heavy atom. The zero-order valence-electron chi connectivity index (χ0n) is 19.9. The fraction of sp³-hybridized carbons (Fsp3) is 0.391. The first-order valence-electron chi connectivity index (χ1n) is 11.5. The fourth-order valence-electron chi connectivity index (χ4n) is 4.43. The average Bonchev–Trinajstić information content (AvgIpc) is 3.62. The molecule has 1 aliphatic rings. The second-order valence-corrected chi connectivity index (χ2v) is 8.97. The van der Waals surface area contributed by atoms with Crippen molar-refractivity contribution in [3.63, 3.8) is 0 Å². The molecule has 1 fully saturated rings. The first-order valence-corrected chi connectivity index (χ1v) is 11.5. The predicted octanol–water partition coefficient (Wildman–Crippen LogP) is 3.19. The van der Waals surface area contributed by atoms with E-state index in [1.807, 2.05) is 27.0 Å². The van der Waals surface area contributed by atoms with E-state index in [9.17, 15) is 10.1 Å². The van der Waals surface area contributed by atoms with Crippen LogP contribution in [0.25, 0.3) is 16.9 Å². The molecule has 0 saturated heterocycles. The molecule has 0 bridgehead atoms. The highest BCUT2D eigenvalue weighted by molar-refractivity contribution is 5.77. The van der Waals surface area contributed by atoms with Crippen LogP contribution in [0.2, 0.25) is 0 Å². The van der Waals surface area contributed by atoms with Crippen LogP contribution in [0.4, 0.5) is 21.0 Å². The van der Waals surface area contributed by atoms with Crippen molar-refractivity contribution in [2.45, 2.75) is 50.9 Å². The summed E-state index contributed by atoms with van der Waals surface area (Å²) in [6.45, 7) is 3.62. The maximum Gasteiger partial charge on any atom is 0.407 e. The standard InChI is InChI=1S/C23H25FN10O2/c1-12(2)28-23(35)36-18-5-4-14(20(18)24)16-8-19(32-31-16)30-22-26-10-15(17-6-7-27-33(17)3)21-29-13(9-25)11-34(21)22/h6-8,10-12,14,18,20H,4-5H2,1-3H3,(H,28,35)(H2,26,30,31,32)/t14-,18-,20-/m1/s1. The molecule has 36 heavy (non-hydrogen) atoms. The number of aromatic amines is 1. The van der Waals surface area contributed by atoms with Crippen LogP contribution in [-0.2, 0) is 11.8 Å². The molecule has 3 N–H and O–H groups in total. The average molecular weight is 493 g/mol. The van der Waals surface area contributed by atoms with Gasteiger partial charge in [0.15, 0.2) is 17.2 Å². The van der Waals surface area contributed by atoms with Gasteiger partial charge in [0.1, 0.15) is 18.3 Å². The van der Waals surface area contributed by atoms with Gasteiger partial charge in [0.05, 0.1) is 17.5 Å². The van der Waals surface area contributed by atoms with Gasteiger partial charge in [-0.3, -0.25) is 14.2 Å². The first kappa shape index (κ1) is 23.3. The summed E-state index contributed by atoms with van der Waals surface area (Å²) in [7, 11) is 1.81. The Balaban J connectivity index is 1.36. The van der Waals surface area contributed by atoms with Gasteiger partial charge in [-0.15, -0.1) is 0 Å². The van der Waals surface area contributed by atoms with Crippen molar-refractivity contribution < 1.29 is 13.9 Å². The minimum Gasteiger partial charge on any atom is -0.443 e. The molecule has 5 rings (SSSR count). The number of hydrogen-bond acceptors (Lipinski definition) is 8. The van der Waals surface area contributed by atoms with E-state index in [0.717, 1.165) is 5.69 Å². The van der Waals surface area contributed by atoms with Gasteiger partial charge in [-0.1, -0.05) is 0 Å². The third-order valence-corrected chi connectivity index (χ3v) is 6.11. The Bertz CT molecular complexity index is 1450. The number of aryl methyl sites for hydroxylation is 1. The molecule has 3 atom stereocenters. The van der Waals surface area contributed by atoms with E-state index in [2.05, 4.69) is 42.0 Å². The number of imidazole rings is 1. The number of fused-ring (bicyclic) bond motifs is 1. The van der Waals surface area contributed by atoms with Gasteiger partial charge in [0, 0.05) is 43.2 Å². The van der Waals surface area contributed by atoms with Crippen LogP contribution in [0.1, 0.15) is 44.0 Å². The second-order valence-electron chi connectivity index (χ2n) is 8.97. The zero-order valence-corrected chi connectivity index (χ0v) is 19.9. The van der Waals surface area contributed by atoms with E-state index < -0.39 is 24.3 Å². The van der Waals surface area contributed by atoms with Gasteiger partial charge in [-0.05, 0) is 32.8 Å². The number of aromatic nitrogens is 7. The lowest BCUT2D eigenvalue weighted by molar-refractivity contribution is 0.0555. The number of rotatable bonds is 6. The number of halogens is 1. The fourth-order valence-corrected chi connectivity index (χ4v) is 4.43. The highest BCUT2D eigenvalue weighted by Crippen LogP contribution is 2.38. The Kier molecular flexibility index (Phi) is 6.01. The van der Waals surface area contributed by atoms with Crippen LogP contribution in [-0.4, -0.2) is 58.8 Å². The summed E-state index contributed by atoms with van der Waals surface area (Å²) in [6, 6.07) is 5.51. The van der Waals surface area contributed by atoms with E-state index in [0.29, 0.717) is 41.5 Å². The molecule has 0 aliphatic heterocycles. The summed E-state index contributed by atoms with van der Waals surface area (Å²) in [6.07, 6.45) is 3.04. The highest BCUT2D eigenvalue weighted by Gasteiger charge is 2.41. The number of nitriles is 1. The molecule has 1 aliphatic carbocycles. The van der Waals surface area contributed by atoms with Crippen LogP contribution in [0, 0.1) is 11.3 Å². The maximum absolute atomic E-state index is 15.1. The largest absolute Gasteiger partial charge is 0.443 e. The number of hydrogen-bond donors (Lipinski definition) is 3. The number of ether oxygens (including phenoxy) is 1. The van der Waals surface area contributed by atoms with Crippen LogP contribution in [0.15, 0.2) is 30.7 Å². The molecule has 1 saturated carbocycles. The third kappa shape index (κ3) is 4.33. The number of amides is 1. The molecule has 0 unspecified atom stereocenters. The molecule has 12 nitrogen and oxygen atoms in total. The molecule has 4 heterocycles. The Morgan fingerprint density at radius 3 is 2.94 bits per heavy atom. The number of anilines is 2. The Morgan fingerprint density at radius 2 is 2.22 bits per heavy atom. The van der Waals surface area contributed by atoms with Gasteiger partial charge >= 0.3 is 6.09 Å². The van der Waals surface area contributed by atoms with E-state index >= 15 is 4.39 Å². The lowest BCUT2D eigenvalue weighted by Gasteiger charge is -2.18. The SMILES string of the molecule is CC(C)NC(=O)O[C@@H]1CC[C@H](c2cc(Nc3ncc(-c4ccnn4C)c4nc(C#N)cn34)n[nH]2)[C@H]1F. The molecule has 13 heteroatoms. The van der Waals surface area contributed by atoms with E-state index in [-0.39, 0.29) is 11.7 Å². The van der Waals surface area contributed by atoms with Crippen molar-refractivity contribution in [2.24, 2.45) is 7.05 Å². The second kappa shape index (κ2) is 9.29. The predicted molar refractivity (Wildman–Crippen MR) is 127 cm³/mol. The molecule has 0 spiro atoms. The van der Waals surface area contributed by atoms with Crippen LogP contribution >= 0.6 is 0 Å². The van der Waals surface area contributed by atoms with Crippen molar-refractivity contribution in [1.82, 2.24) is 39.7 Å². The summed E-state index contributed by atoms with van der Waals surface area (Å²) in [5.74, 6) is 0.328. The van der Waals surface area contributed by atoms with Gasteiger partial charge in [0.2, 0.25) is 5.95 Å². The minimum atomic E-state index is -1.36. The molecular weight excluding hydrogens is 467 g/mol. The molecule has 1 amide bonds. The third-order valence-electron chi connectivity index (χ3n) is 6.11. The number of H-pyrrole nitrogens is 1. The smallest absolute Gasteiger partial charge is 0.407 e. The molecule has 4 aromatic rings. The van der Waals surface area contributed by atoms with Crippen molar-refractivity contribution >= 4 is 23.5 Å². The normalized spacial score (nSPS) is 19.5. The minimum absolute atomic E-state index is 0.0907. The lowest BCUT2D eigenvalue weighted by Crippen LogP contribution is -2.36. The number of carbonyl (C=O) groups excluding carboxylic acids is 1. The Labute approximate surface area is 205 Å². The van der Waals surface area contributed by atoms with Crippen LogP contribution in [0.5, 0.6) is 0 Å². The highest BCUT2D eigenvalue weighted by atomic mass is 19.1. The van der Waals surface area contributed by atoms with Gasteiger partial charge < -0.3 is 15.4 Å². The molecule has 0 aromatic carbocycles. The monoisotopic (exact) mass is 492 g/mol. The number of alkyl halides is 1. The number of nitrogens with zero attached hydrogens (tertiary/aromatic N) is 7. The molecular formula is C23H25FN10O2. The molecule has 4 aromatic heterocycles. The van der Waals surface area contributed by atoms with Crippen molar-refractivity contribution in [3.8, 4) is 17.3 Å². The van der Waals surface area contributed by atoms with Crippen molar-refractivity contribution in [1.29, 1.82) is 5.26 Å². The van der Waals surface area contributed by atoms with Crippen molar-refractivity contribution in [3.05, 3.63) is 42.1 Å². The topological polar surface area (TPSA) is 151 Å². The zero-order chi connectivity index (χ0) is 25.4. The van der Waals surface area contributed by atoms with E-state index in [1.165, 1.54) is 0 Å². The summed E-state index contributed by atoms with van der Waals surface area (Å²) < 4.78 is 23.7. The maximum atomic E-state index is 15.1. The number of alkyl carbamates (subject to hydrolysis) is 1. The lowest BCUT2D eigenvalue weighted by atomic mass is 10.0. The summed E-state index contributed by atoms with van der Waals surface area (Å²) in [4.78, 5) is 20.8. The van der Waals surface area contributed by atoms with Crippen molar-refractivity contribution in [2.75, 3.05) is 5.32 Å². The summed E-state index contributed by atoms with van der Waals surface area (Å²) >= 11 is 0. The molecule has 186 valence electrons. The van der Waals surface area contributed by atoms with Crippen LogP contribution in [0.3, 0.4) is 0 Å². The van der Waals surface area contributed by atoms with Gasteiger partial charge in [-0.2, -0.15) is 15.5 Å². The molecule has 0 radical (unpaired) electrons. The van der Waals surface area contributed by atoms with Gasteiger partial charge in [-0.25, -0.2) is 19.2 Å². The Hall–Kier alpha value is -4.47.